The molecule has 0 aromatic heterocycles. The van der Waals surface area contributed by atoms with Crippen molar-refractivity contribution in [2.45, 2.75) is 13.3 Å². The largest absolute Gasteiger partial charge is 0.453 e. The van der Waals surface area contributed by atoms with E-state index in [0.29, 0.717) is 5.92 Å². The lowest BCUT2D eigenvalue weighted by Crippen LogP contribution is -2.49. The van der Waals surface area contributed by atoms with Gasteiger partial charge in [0.2, 0.25) is 0 Å². The molecule has 0 spiro atoms. The smallest absolute Gasteiger partial charge is 0.409 e. The number of rotatable bonds is 1. The minimum atomic E-state index is -0.190. The Bertz CT molecular complexity index is 130. The Morgan fingerprint density at radius 1 is 1.70 bits per heavy atom. The van der Waals surface area contributed by atoms with Crippen molar-refractivity contribution in [3.63, 3.8) is 0 Å². The van der Waals surface area contributed by atoms with Crippen LogP contribution in [0.4, 0.5) is 4.79 Å². The monoisotopic (exact) mass is 143 g/mol. The first-order valence-electron chi connectivity index (χ1n) is 3.60. The van der Waals surface area contributed by atoms with E-state index in [0.717, 1.165) is 19.5 Å². The number of hydrogen-bond donors (Lipinski definition) is 0. The minimum Gasteiger partial charge on any atom is -0.453 e. The number of carbonyl (C=O) groups excluding carboxylic acids is 1. The van der Waals surface area contributed by atoms with Gasteiger partial charge in [0.05, 0.1) is 7.11 Å². The van der Waals surface area contributed by atoms with Crippen LogP contribution in [0.3, 0.4) is 0 Å². The SMILES string of the molecule is CCC1CN(C(=O)OC)C1. The fourth-order valence-electron chi connectivity index (χ4n) is 1.11. The maximum Gasteiger partial charge on any atom is 0.409 e. The molecule has 1 amide bonds. The van der Waals surface area contributed by atoms with Crippen LogP contribution in [0.5, 0.6) is 0 Å². The van der Waals surface area contributed by atoms with Gasteiger partial charge in [0, 0.05) is 13.1 Å². The quantitative estimate of drug-likeness (QED) is 0.550. The lowest BCUT2D eigenvalue weighted by atomic mass is 9.98. The van der Waals surface area contributed by atoms with Gasteiger partial charge in [-0.3, -0.25) is 0 Å². The maximum atomic E-state index is 10.8. The van der Waals surface area contributed by atoms with Crippen LogP contribution in [-0.2, 0) is 4.74 Å². The Morgan fingerprint density at radius 2 is 2.30 bits per heavy atom. The number of hydrogen-bond acceptors (Lipinski definition) is 2. The van der Waals surface area contributed by atoms with Crippen LogP contribution in [0.2, 0.25) is 0 Å². The van der Waals surface area contributed by atoms with Crippen LogP contribution in [0.25, 0.3) is 0 Å². The summed E-state index contributed by atoms with van der Waals surface area (Å²) in [5, 5.41) is 0. The summed E-state index contributed by atoms with van der Waals surface area (Å²) in [6.07, 6.45) is 0.970. The zero-order valence-corrected chi connectivity index (χ0v) is 6.46. The number of carbonyl (C=O) groups is 1. The van der Waals surface area contributed by atoms with E-state index in [9.17, 15) is 4.79 Å². The van der Waals surface area contributed by atoms with E-state index < -0.39 is 0 Å². The zero-order valence-electron chi connectivity index (χ0n) is 6.46. The first kappa shape index (κ1) is 7.38. The summed E-state index contributed by atoms with van der Waals surface area (Å²) in [5.41, 5.74) is 0. The van der Waals surface area contributed by atoms with Crippen molar-refractivity contribution < 1.29 is 9.53 Å². The summed E-state index contributed by atoms with van der Waals surface area (Å²) in [6, 6.07) is 0. The molecule has 0 aliphatic carbocycles. The second kappa shape index (κ2) is 2.90. The summed E-state index contributed by atoms with van der Waals surface area (Å²) < 4.78 is 4.53. The predicted molar refractivity (Wildman–Crippen MR) is 37.8 cm³/mol. The molecule has 10 heavy (non-hydrogen) atoms. The van der Waals surface area contributed by atoms with Gasteiger partial charge in [-0.15, -0.1) is 0 Å². The van der Waals surface area contributed by atoms with Crippen LogP contribution < -0.4 is 0 Å². The van der Waals surface area contributed by atoms with Crippen LogP contribution in [-0.4, -0.2) is 31.2 Å². The summed E-state index contributed by atoms with van der Waals surface area (Å²) in [7, 11) is 1.42. The molecule has 0 N–H and O–H groups in total. The van der Waals surface area contributed by atoms with Gasteiger partial charge in [0.15, 0.2) is 0 Å². The van der Waals surface area contributed by atoms with Crippen LogP contribution in [0.1, 0.15) is 13.3 Å². The number of nitrogens with zero attached hydrogens (tertiary/aromatic N) is 1. The second-order valence-corrected chi connectivity index (χ2v) is 2.65. The molecule has 1 fully saturated rings. The maximum absolute atomic E-state index is 10.8. The first-order valence-corrected chi connectivity index (χ1v) is 3.60. The predicted octanol–water partition coefficient (Wildman–Crippen LogP) is 1.09. The lowest BCUT2D eigenvalue weighted by Gasteiger charge is -2.37. The van der Waals surface area contributed by atoms with Gasteiger partial charge in [-0.05, 0) is 12.3 Å². The third-order valence-electron chi connectivity index (χ3n) is 1.97. The molecule has 1 aliphatic heterocycles. The molecule has 1 rings (SSSR count). The Balaban J connectivity index is 2.19. The van der Waals surface area contributed by atoms with Gasteiger partial charge in [-0.25, -0.2) is 4.79 Å². The molecule has 1 aliphatic rings. The molecule has 1 heterocycles. The van der Waals surface area contributed by atoms with Crippen molar-refractivity contribution in [3.8, 4) is 0 Å². The van der Waals surface area contributed by atoms with Crippen molar-refractivity contribution in [3.05, 3.63) is 0 Å². The standard InChI is InChI=1S/C7H13NO2/c1-3-6-4-8(5-6)7(9)10-2/h6H,3-5H2,1-2H3. The summed E-state index contributed by atoms with van der Waals surface area (Å²) in [6.45, 7) is 3.89. The average Bonchev–Trinajstić information content (AvgIpc) is 1.85. The van der Waals surface area contributed by atoms with E-state index in [2.05, 4.69) is 11.7 Å². The van der Waals surface area contributed by atoms with Crippen molar-refractivity contribution >= 4 is 6.09 Å². The van der Waals surface area contributed by atoms with Gasteiger partial charge in [0.25, 0.3) is 0 Å². The summed E-state index contributed by atoms with van der Waals surface area (Å²) >= 11 is 0. The van der Waals surface area contributed by atoms with Gasteiger partial charge in [-0.1, -0.05) is 6.92 Å². The van der Waals surface area contributed by atoms with Crippen molar-refractivity contribution in [2.24, 2.45) is 5.92 Å². The number of amides is 1. The molecule has 0 saturated carbocycles. The van der Waals surface area contributed by atoms with Gasteiger partial charge < -0.3 is 9.64 Å². The molecule has 0 atom stereocenters. The Kier molecular flexibility index (Phi) is 2.14. The van der Waals surface area contributed by atoms with E-state index in [4.69, 9.17) is 0 Å². The highest BCUT2D eigenvalue weighted by molar-refractivity contribution is 5.68. The fraction of sp³-hybridized carbons (Fsp3) is 0.857. The third-order valence-corrected chi connectivity index (χ3v) is 1.97. The second-order valence-electron chi connectivity index (χ2n) is 2.65. The number of likely N-dealkylation sites (tertiary alicyclic amines) is 1. The molecular formula is C7H13NO2. The van der Waals surface area contributed by atoms with Crippen LogP contribution in [0, 0.1) is 5.92 Å². The molecule has 1 saturated heterocycles. The molecule has 0 aromatic rings. The zero-order chi connectivity index (χ0) is 7.56. The molecule has 3 nitrogen and oxygen atoms in total. The average molecular weight is 143 g/mol. The van der Waals surface area contributed by atoms with E-state index in [1.807, 2.05) is 0 Å². The molecule has 0 radical (unpaired) electrons. The molecule has 0 unspecified atom stereocenters. The molecule has 3 heteroatoms. The molecule has 0 aromatic carbocycles. The van der Waals surface area contributed by atoms with E-state index >= 15 is 0 Å². The van der Waals surface area contributed by atoms with Crippen LogP contribution >= 0.6 is 0 Å². The van der Waals surface area contributed by atoms with Gasteiger partial charge in [-0.2, -0.15) is 0 Å². The lowest BCUT2D eigenvalue weighted by molar-refractivity contribution is 0.0665. The highest BCUT2D eigenvalue weighted by Gasteiger charge is 2.29. The first-order chi connectivity index (χ1) is 4.77. The minimum absolute atomic E-state index is 0.190. The van der Waals surface area contributed by atoms with Crippen molar-refractivity contribution in [2.75, 3.05) is 20.2 Å². The molecular weight excluding hydrogens is 130 g/mol. The van der Waals surface area contributed by atoms with Gasteiger partial charge >= 0.3 is 6.09 Å². The Labute approximate surface area is 61.0 Å². The highest BCUT2D eigenvalue weighted by Crippen LogP contribution is 2.18. The van der Waals surface area contributed by atoms with Crippen LogP contribution in [0.15, 0.2) is 0 Å². The van der Waals surface area contributed by atoms with Crippen molar-refractivity contribution in [1.82, 2.24) is 4.90 Å². The molecule has 58 valence electrons. The van der Waals surface area contributed by atoms with E-state index in [1.54, 1.807) is 4.90 Å². The number of ether oxygens (including phenoxy) is 1. The summed E-state index contributed by atoms with van der Waals surface area (Å²) in [5.74, 6) is 0.707. The third kappa shape index (κ3) is 1.23. The highest BCUT2D eigenvalue weighted by atomic mass is 16.5. The topological polar surface area (TPSA) is 29.5 Å². The Morgan fingerprint density at radius 3 is 2.70 bits per heavy atom. The summed E-state index contributed by atoms with van der Waals surface area (Å²) in [4.78, 5) is 12.5. The number of methoxy groups -OCH3 is 1. The normalized spacial score (nSPS) is 18.4. The molecule has 0 bridgehead atoms. The van der Waals surface area contributed by atoms with E-state index in [1.165, 1.54) is 7.11 Å². The Hall–Kier alpha value is -0.730. The van der Waals surface area contributed by atoms with Crippen molar-refractivity contribution in [1.29, 1.82) is 0 Å². The fourth-order valence-corrected chi connectivity index (χ4v) is 1.11. The van der Waals surface area contributed by atoms with Gasteiger partial charge in [0.1, 0.15) is 0 Å². The van der Waals surface area contributed by atoms with E-state index in [-0.39, 0.29) is 6.09 Å².